The minimum atomic E-state index is -1.23. The summed E-state index contributed by atoms with van der Waals surface area (Å²) in [5, 5.41) is 2.97. The van der Waals surface area contributed by atoms with Crippen LogP contribution >= 0.6 is 0 Å². The van der Waals surface area contributed by atoms with Crippen molar-refractivity contribution in [2.24, 2.45) is 28.5 Å². The molecule has 0 saturated heterocycles. The lowest BCUT2D eigenvalue weighted by molar-refractivity contribution is -0.136. The third-order valence-electron chi connectivity index (χ3n) is 8.74. The molecular weight excluding hydrogens is 600 g/mol. The molecule has 48 heavy (non-hydrogen) atoms. The number of aliphatic imine (C=N–C) groups is 1. The van der Waals surface area contributed by atoms with Crippen LogP contribution in [0.3, 0.4) is 0 Å². The van der Waals surface area contributed by atoms with Crippen LogP contribution in [0.15, 0.2) is 108 Å². The van der Waals surface area contributed by atoms with E-state index in [0.29, 0.717) is 30.7 Å². The third-order valence-corrected chi connectivity index (χ3v) is 8.74. The van der Waals surface area contributed by atoms with Crippen molar-refractivity contribution in [3.63, 3.8) is 0 Å². The lowest BCUT2D eigenvalue weighted by atomic mass is 9.81. The Morgan fingerprint density at radius 1 is 0.875 bits per heavy atom. The zero-order chi connectivity index (χ0) is 34.2. The molecular formula is C40H44N4O4. The van der Waals surface area contributed by atoms with Gasteiger partial charge in [0, 0.05) is 23.0 Å². The van der Waals surface area contributed by atoms with Crippen molar-refractivity contribution in [3.05, 3.63) is 120 Å². The molecule has 1 aliphatic heterocycles. The van der Waals surface area contributed by atoms with Crippen LogP contribution in [-0.4, -0.2) is 36.7 Å². The maximum absolute atomic E-state index is 14.6. The standard InChI is InChI=1S/C40H44N4O4/c1-5-12-32(37(41)45)34(23-26(2)3)39(46)43-38-40(47)44(25-27-13-11-16-30(24-27)28-19-21-31(48-4)22-20-28)35-18-10-9-17-33(35)36(42-38)29-14-7-6-8-15-29/h6-11,13-22,24,26,32,34,38H,5,12,23,25H2,1-4H3,(H2,41,45)(H,43,46)/t32-,34+,38?/m0/s1. The van der Waals surface area contributed by atoms with E-state index in [0.717, 1.165) is 33.6 Å². The van der Waals surface area contributed by atoms with Crippen LogP contribution in [0.25, 0.3) is 11.1 Å². The molecule has 3 atom stereocenters. The number of primary amides is 1. The highest BCUT2D eigenvalue weighted by Gasteiger charge is 2.37. The minimum Gasteiger partial charge on any atom is -0.497 e. The molecule has 0 aliphatic carbocycles. The van der Waals surface area contributed by atoms with Crippen LogP contribution in [0.2, 0.25) is 0 Å². The Morgan fingerprint density at radius 2 is 1.56 bits per heavy atom. The molecule has 8 heteroatoms. The quantitative estimate of drug-likeness (QED) is 0.168. The zero-order valence-electron chi connectivity index (χ0n) is 28.1. The van der Waals surface area contributed by atoms with Gasteiger partial charge in [-0.3, -0.25) is 14.4 Å². The second-order valence-corrected chi connectivity index (χ2v) is 12.7. The Kier molecular flexibility index (Phi) is 11.1. The Bertz CT molecular complexity index is 1770. The van der Waals surface area contributed by atoms with Crippen molar-refractivity contribution in [1.29, 1.82) is 0 Å². The van der Waals surface area contributed by atoms with Gasteiger partial charge in [-0.2, -0.15) is 0 Å². The van der Waals surface area contributed by atoms with Crippen LogP contribution in [0.5, 0.6) is 5.75 Å². The number of nitrogens with one attached hydrogen (secondary N) is 1. The smallest absolute Gasteiger partial charge is 0.272 e. The van der Waals surface area contributed by atoms with Crippen molar-refractivity contribution in [2.45, 2.75) is 52.7 Å². The predicted octanol–water partition coefficient (Wildman–Crippen LogP) is 6.75. The average molecular weight is 645 g/mol. The van der Waals surface area contributed by atoms with E-state index in [2.05, 4.69) is 11.4 Å². The average Bonchev–Trinajstić information content (AvgIpc) is 3.21. The van der Waals surface area contributed by atoms with E-state index in [1.165, 1.54) is 0 Å². The molecule has 5 rings (SSSR count). The van der Waals surface area contributed by atoms with E-state index < -0.39 is 29.8 Å². The number of rotatable bonds is 13. The molecule has 0 saturated carbocycles. The summed E-state index contributed by atoms with van der Waals surface area (Å²) < 4.78 is 5.33. The summed E-state index contributed by atoms with van der Waals surface area (Å²) in [6.07, 6.45) is 0.416. The first kappa shape index (κ1) is 34.1. The summed E-state index contributed by atoms with van der Waals surface area (Å²) >= 11 is 0. The summed E-state index contributed by atoms with van der Waals surface area (Å²) in [6, 6.07) is 33.2. The number of ether oxygens (including phenoxy) is 1. The molecule has 0 aromatic heterocycles. The molecule has 1 unspecified atom stereocenters. The van der Waals surface area contributed by atoms with E-state index in [1.54, 1.807) is 12.0 Å². The molecule has 0 fully saturated rings. The number of para-hydroxylation sites is 1. The molecule has 8 nitrogen and oxygen atoms in total. The third kappa shape index (κ3) is 7.82. The number of amides is 3. The number of carbonyl (C=O) groups excluding carboxylic acids is 3. The SMILES string of the molecule is CCC[C@H](C(N)=O)[C@@H](CC(C)C)C(=O)NC1N=C(c2ccccc2)c2ccccc2N(Cc2cccc(-c3ccc(OC)cc3)c2)C1=O. The molecule has 3 amide bonds. The normalized spacial score (nSPS) is 15.6. The number of benzodiazepines with no additional fused rings is 1. The zero-order valence-corrected chi connectivity index (χ0v) is 28.1. The second-order valence-electron chi connectivity index (χ2n) is 12.7. The number of methoxy groups -OCH3 is 1. The first-order valence-electron chi connectivity index (χ1n) is 16.6. The predicted molar refractivity (Wildman–Crippen MR) is 191 cm³/mol. The van der Waals surface area contributed by atoms with Crippen LogP contribution in [0, 0.1) is 17.8 Å². The van der Waals surface area contributed by atoms with Gasteiger partial charge in [0.15, 0.2) is 0 Å². The van der Waals surface area contributed by atoms with Crippen molar-refractivity contribution in [2.75, 3.05) is 12.0 Å². The van der Waals surface area contributed by atoms with Gasteiger partial charge in [0.1, 0.15) is 5.75 Å². The highest BCUT2D eigenvalue weighted by Crippen LogP contribution is 2.32. The monoisotopic (exact) mass is 644 g/mol. The fourth-order valence-corrected chi connectivity index (χ4v) is 6.38. The number of benzene rings is 4. The molecule has 0 bridgehead atoms. The summed E-state index contributed by atoms with van der Waals surface area (Å²) in [6.45, 7) is 6.22. The molecule has 4 aromatic carbocycles. The van der Waals surface area contributed by atoms with Crippen LogP contribution in [0.1, 0.15) is 56.7 Å². The molecule has 1 heterocycles. The van der Waals surface area contributed by atoms with E-state index in [-0.39, 0.29) is 18.4 Å². The van der Waals surface area contributed by atoms with Gasteiger partial charge in [0.05, 0.1) is 25.1 Å². The van der Waals surface area contributed by atoms with Gasteiger partial charge in [0.2, 0.25) is 18.0 Å². The number of hydrogen-bond donors (Lipinski definition) is 2. The van der Waals surface area contributed by atoms with E-state index in [9.17, 15) is 14.4 Å². The number of nitrogens with zero attached hydrogens (tertiary/aromatic N) is 2. The highest BCUT2D eigenvalue weighted by molar-refractivity contribution is 6.20. The minimum absolute atomic E-state index is 0.131. The van der Waals surface area contributed by atoms with Gasteiger partial charge in [0.25, 0.3) is 5.91 Å². The van der Waals surface area contributed by atoms with Crippen molar-refractivity contribution in [3.8, 4) is 16.9 Å². The Balaban J connectivity index is 1.56. The van der Waals surface area contributed by atoms with Crippen molar-refractivity contribution >= 4 is 29.1 Å². The topological polar surface area (TPSA) is 114 Å². The number of nitrogens with two attached hydrogens (primary N) is 1. The summed E-state index contributed by atoms with van der Waals surface area (Å²) in [4.78, 5) is 47.9. The summed E-state index contributed by atoms with van der Waals surface area (Å²) in [5.41, 5.74) is 11.6. The molecule has 248 valence electrons. The van der Waals surface area contributed by atoms with E-state index in [4.69, 9.17) is 15.5 Å². The van der Waals surface area contributed by atoms with Gasteiger partial charge in [-0.25, -0.2) is 4.99 Å². The van der Waals surface area contributed by atoms with Crippen LogP contribution in [-0.2, 0) is 20.9 Å². The Hall–Kier alpha value is -5.24. The second kappa shape index (κ2) is 15.6. The fourth-order valence-electron chi connectivity index (χ4n) is 6.38. The van der Waals surface area contributed by atoms with Crippen molar-refractivity contribution in [1.82, 2.24) is 5.32 Å². The van der Waals surface area contributed by atoms with Gasteiger partial charge >= 0.3 is 0 Å². The molecule has 0 radical (unpaired) electrons. The number of carbonyl (C=O) groups is 3. The maximum Gasteiger partial charge on any atom is 0.272 e. The van der Waals surface area contributed by atoms with E-state index in [1.807, 2.05) is 118 Å². The number of fused-ring (bicyclic) bond motifs is 1. The van der Waals surface area contributed by atoms with Gasteiger partial charge in [-0.05, 0) is 59.7 Å². The van der Waals surface area contributed by atoms with Gasteiger partial charge in [-0.1, -0.05) is 106 Å². The molecule has 4 aromatic rings. The maximum atomic E-state index is 14.6. The largest absolute Gasteiger partial charge is 0.497 e. The first-order valence-corrected chi connectivity index (χ1v) is 16.6. The van der Waals surface area contributed by atoms with E-state index >= 15 is 0 Å². The van der Waals surface area contributed by atoms with Crippen LogP contribution < -0.4 is 20.7 Å². The number of hydrogen-bond acceptors (Lipinski definition) is 5. The summed E-state index contributed by atoms with van der Waals surface area (Å²) in [7, 11) is 1.64. The van der Waals surface area contributed by atoms with Gasteiger partial charge in [-0.15, -0.1) is 0 Å². The first-order chi connectivity index (χ1) is 23.2. The van der Waals surface area contributed by atoms with Gasteiger partial charge < -0.3 is 20.7 Å². The van der Waals surface area contributed by atoms with Crippen molar-refractivity contribution < 1.29 is 19.1 Å². The molecule has 3 N–H and O–H groups in total. The Labute approximate surface area is 283 Å². The summed E-state index contributed by atoms with van der Waals surface area (Å²) in [5.74, 6) is -1.71. The lowest BCUT2D eigenvalue weighted by Crippen LogP contribution is -2.50. The highest BCUT2D eigenvalue weighted by atomic mass is 16.5. The lowest BCUT2D eigenvalue weighted by Gasteiger charge is -2.29. The van der Waals surface area contributed by atoms with Crippen LogP contribution in [0.4, 0.5) is 5.69 Å². The number of anilines is 1. The Morgan fingerprint density at radius 3 is 2.23 bits per heavy atom. The molecule has 0 spiro atoms. The molecule has 1 aliphatic rings. The fraction of sp³-hybridized carbons (Fsp3) is 0.300.